The fourth-order valence-corrected chi connectivity index (χ4v) is 4.59. The zero-order valence-electron chi connectivity index (χ0n) is 16.1. The van der Waals surface area contributed by atoms with Crippen LogP contribution in [0.25, 0.3) is 11.3 Å². The third-order valence-electron chi connectivity index (χ3n) is 6.19. The summed E-state index contributed by atoms with van der Waals surface area (Å²) in [6, 6.07) is 19.3. The molecule has 29 heavy (non-hydrogen) atoms. The minimum Gasteiger partial charge on any atom is -0.341 e. The Labute approximate surface area is 168 Å². The van der Waals surface area contributed by atoms with E-state index < -0.39 is 0 Å². The van der Waals surface area contributed by atoms with Crippen LogP contribution < -0.4 is 5.56 Å². The molecule has 3 heterocycles. The molecular weight excluding hydrogens is 364 g/mol. The third kappa shape index (κ3) is 3.05. The molecule has 1 atom stereocenters. The molecular formula is C23H22N4O2. The van der Waals surface area contributed by atoms with Crippen LogP contribution in [0.5, 0.6) is 0 Å². The number of likely N-dealkylation sites (tertiary alicyclic amines) is 1. The minimum atomic E-state index is -0.256. The smallest absolute Gasteiger partial charge is 0.280 e. The highest BCUT2D eigenvalue weighted by atomic mass is 16.2. The van der Waals surface area contributed by atoms with Gasteiger partial charge >= 0.3 is 0 Å². The molecule has 0 saturated carbocycles. The van der Waals surface area contributed by atoms with Crippen molar-refractivity contribution in [3.63, 3.8) is 0 Å². The second-order valence-corrected chi connectivity index (χ2v) is 7.95. The van der Waals surface area contributed by atoms with Crippen molar-refractivity contribution in [2.45, 2.75) is 31.2 Å². The van der Waals surface area contributed by atoms with Gasteiger partial charge in [-0.25, -0.2) is 0 Å². The van der Waals surface area contributed by atoms with Crippen molar-refractivity contribution in [1.29, 1.82) is 0 Å². The molecule has 146 valence electrons. The lowest BCUT2D eigenvalue weighted by molar-refractivity contribution is -0.129. The van der Waals surface area contributed by atoms with Gasteiger partial charge in [0.1, 0.15) is 5.82 Å². The molecule has 1 fully saturated rings. The van der Waals surface area contributed by atoms with E-state index in [2.05, 4.69) is 10.2 Å². The Morgan fingerprint density at radius 3 is 2.38 bits per heavy atom. The molecule has 0 aliphatic carbocycles. The highest BCUT2D eigenvalue weighted by Crippen LogP contribution is 2.40. The minimum absolute atomic E-state index is 0.0906. The van der Waals surface area contributed by atoms with Crippen molar-refractivity contribution in [1.82, 2.24) is 19.7 Å². The molecule has 1 amide bonds. The van der Waals surface area contributed by atoms with Gasteiger partial charge in [-0.2, -0.15) is 0 Å². The van der Waals surface area contributed by atoms with E-state index in [0.717, 1.165) is 29.8 Å². The molecule has 2 aromatic carbocycles. The summed E-state index contributed by atoms with van der Waals surface area (Å²) in [6.07, 6.45) is 2.05. The molecule has 0 bridgehead atoms. The number of hydrogen-bond acceptors (Lipinski definition) is 4. The maximum absolute atomic E-state index is 13.0. The Bertz CT molecular complexity index is 1110. The largest absolute Gasteiger partial charge is 0.341 e. The lowest BCUT2D eigenvalue weighted by atomic mass is 9.85. The molecule has 2 aliphatic heterocycles. The van der Waals surface area contributed by atoms with E-state index in [9.17, 15) is 9.59 Å². The number of amides is 1. The first-order chi connectivity index (χ1) is 14.2. The van der Waals surface area contributed by atoms with Crippen LogP contribution in [0.4, 0.5) is 0 Å². The average Bonchev–Trinajstić information content (AvgIpc) is 3.35. The van der Waals surface area contributed by atoms with E-state index in [-0.39, 0.29) is 16.9 Å². The fraction of sp³-hybridized carbons (Fsp3) is 0.304. The number of nitrogens with zero attached hydrogens (tertiary/aromatic N) is 4. The van der Waals surface area contributed by atoms with Gasteiger partial charge in [0.2, 0.25) is 5.91 Å². The monoisotopic (exact) mass is 386 g/mol. The van der Waals surface area contributed by atoms with Crippen molar-refractivity contribution in [3.05, 3.63) is 82.4 Å². The molecule has 1 saturated heterocycles. The summed E-state index contributed by atoms with van der Waals surface area (Å²) in [7, 11) is 0. The summed E-state index contributed by atoms with van der Waals surface area (Å²) in [5.74, 6) is 0.861. The van der Waals surface area contributed by atoms with Crippen molar-refractivity contribution in [2.24, 2.45) is 0 Å². The van der Waals surface area contributed by atoms with Crippen LogP contribution in [0, 0.1) is 0 Å². The summed E-state index contributed by atoms with van der Waals surface area (Å²) in [6.45, 7) is 1.93. The van der Waals surface area contributed by atoms with Gasteiger partial charge < -0.3 is 4.90 Å². The molecule has 1 spiro atoms. The van der Waals surface area contributed by atoms with E-state index in [1.807, 2.05) is 65.6 Å². The average molecular weight is 386 g/mol. The molecule has 1 unspecified atom stereocenters. The third-order valence-corrected chi connectivity index (χ3v) is 6.19. The second-order valence-electron chi connectivity index (χ2n) is 7.95. The maximum Gasteiger partial charge on any atom is 0.280 e. The fourth-order valence-electron chi connectivity index (χ4n) is 4.59. The van der Waals surface area contributed by atoms with E-state index in [0.29, 0.717) is 31.7 Å². The highest BCUT2D eigenvalue weighted by molar-refractivity contribution is 5.79. The molecule has 0 N–H and O–H groups in total. The molecule has 6 nitrogen and oxygen atoms in total. The lowest BCUT2D eigenvalue weighted by Crippen LogP contribution is -2.36. The van der Waals surface area contributed by atoms with Gasteiger partial charge in [-0.3, -0.25) is 14.2 Å². The van der Waals surface area contributed by atoms with Gasteiger partial charge in [0.25, 0.3) is 5.56 Å². The van der Waals surface area contributed by atoms with Crippen molar-refractivity contribution in [2.75, 3.05) is 13.1 Å². The molecule has 5 rings (SSSR count). The summed E-state index contributed by atoms with van der Waals surface area (Å²) < 4.78 is 1.76. The van der Waals surface area contributed by atoms with Crippen LogP contribution >= 0.6 is 0 Å². The second kappa shape index (κ2) is 6.95. The van der Waals surface area contributed by atoms with Crippen LogP contribution in [-0.4, -0.2) is 38.7 Å². The van der Waals surface area contributed by atoms with E-state index in [1.165, 1.54) is 0 Å². The number of rotatable bonds is 3. The first-order valence-electron chi connectivity index (χ1n) is 10.0. The summed E-state index contributed by atoms with van der Waals surface area (Å²) in [5, 5.41) is 8.77. The number of carbonyl (C=O) groups excluding carboxylic acids is 1. The van der Waals surface area contributed by atoms with Crippen molar-refractivity contribution < 1.29 is 4.79 Å². The zero-order valence-corrected chi connectivity index (χ0v) is 16.1. The number of carbonyl (C=O) groups is 1. The van der Waals surface area contributed by atoms with Crippen molar-refractivity contribution in [3.8, 4) is 11.3 Å². The Morgan fingerprint density at radius 2 is 1.62 bits per heavy atom. The number of fused-ring (bicyclic) bond motifs is 2. The predicted octanol–water partition coefficient (Wildman–Crippen LogP) is 2.42. The lowest BCUT2D eigenvalue weighted by Gasteiger charge is -2.23. The summed E-state index contributed by atoms with van der Waals surface area (Å²) >= 11 is 0. The molecule has 3 aromatic rings. The van der Waals surface area contributed by atoms with Gasteiger partial charge in [-0.05, 0) is 18.4 Å². The van der Waals surface area contributed by atoms with Crippen LogP contribution in [-0.2, 0) is 23.2 Å². The maximum atomic E-state index is 13.0. The van der Waals surface area contributed by atoms with Crippen LogP contribution in [0.1, 0.15) is 24.2 Å². The van der Waals surface area contributed by atoms with Gasteiger partial charge in [-0.1, -0.05) is 60.7 Å². The van der Waals surface area contributed by atoms with Gasteiger partial charge in [0.05, 0.1) is 11.8 Å². The van der Waals surface area contributed by atoms with E-state index in [4.69, 9.17) is 0 Å². The molecule has 2 aliphatic rings. The van der Waals surface area contributed by atoms with Crippen LogP contribution in [0.2, 0.25) is 0 Å². The Kier molecular flexibility index (Phi) is 4.27. The number of hydrogen-bond donors (Lipinski definition) is 0. The molecule has 0 radical (unpaired) electrons. The van der Waals surface area contributed by atoms with E-state index in [1.54, 1.807) is 4.57 Å². The zero-order chi connectivity index (χ0) is 19.8. The normalized spacial score (nSPS) is 20.2. The first-order valence-corrected chi connectivity index (χ1v) is 10.0. The SMILES string of the molecule is O=C(Cc1ccccc1)N1CCC2(CCn3c2nnc(-c2ccccc2)c3=O)C1. The highest BCUT2D eigenvalue weighted by Gasteiger charge is 2.48. The van der Waals surface area contributed by atoms with Crippen LogP contribution in [0.3, 0.4) is 0 Å². The Balaban J connectivity index is 1.40. The molecule has 1 aromatic heterocycles. The summed E-state index contributed by atoms with van der Waals surface area (Å²) in [5.41, 5.74) is 1.85. The van der Waals surface area contributed by atoms with Gasteiger partial charge in [-0.15, -0.1) is 10.2 Å². The van der Waals surface area contributed by atoms with Crippen molar-refractivity contribution >= 4 is 5.91 Å². The Morgan fingerprint density at radius 1 is 0.931 bits per heavy atom. The standard InChI is InChI=1S/C23H22N4O2/c28-19(15-17-7-3-1-4-8-17)26-13-11-23(16-26)12-14-27-21(29)20(24-25-22(23)27)18-9-5-2-6-10-18/h1-10H,11-16H2. The van der Waals surface area contributed by atoms with E-state index >= 15 is 0 Å². The van der Waals surface area contributed by atoms with Crippen LogP contribution in [0.15, 0.2) is 65.5 Å². The number of benzene rings is 2. The first kappa shape index (κ1) is 17.8. The van der Waals surface area contributed by atoms with Gasteiger partial charge in [0, 0.05) is 25.2 Å². The quantitative estimate of drug-likeness (QED) is 0.693. The van der Waals surface area contributed by atoms with Gasteiger partial charge in [0.15, 0.2) is 5.69 Å². The summed E-state index contributed by atoms with van der Waals surface area (Å²) in [4.78, 5) is 27.7. The topological polar surface area (TPSA) is 68.1 Å². The number of aromatic nitrogens is 3. The predicted molar refractivity (Wildman–Crippen MR) is 109 cm³/mol. The molecule has 6 heteroatoms. The Hall–Kier alpha value is -3.28.